The lowest BCUT2D eigenvalue weighted by Gasteiger charge is -2.40. The Labute approximate surface area is 178 Å². The highest BCUT2D eigenvalue weighted by Gasteiger charge is 2.35. The molecule has 0 spiro atoms. The van der Waals surface area contributed by atoms with E-state index < -0.39 is 0 Å². The minimum absolute atomic E-state index is 0. The van der Waals surface area contributed by atoms with E-state index in [0.717, 1.165) is 44.5 Å². The number of rotatable bonds is 5. The molecule has 0 aliphatic carbocycles. The van der Waals surface area contributed by atoms with Gasteiger partial charge in [0.1, 0.15) is 0 Å². The van der Waals surface area contributed by atoms with Gasteiger partial charge in [-0.3, -0.25) is 4.99 Å². The predicted molar refractivity (Wildman–Crippen MR) is 122 cm³/mol. The number of piperidine rings is 1. The maximum absolute atomic E-state index is 6.08. The monoisotopic (exact) mass is 480 g/mol. The Hall–Kier alpha value is -0.0800. The highest BCUT2D eigenvalue weighted by atomic mass is 127. The summed E-state index contributed by atoms with van der Waals surface area (Å²) in [5, 5.41) is 7.01. The molecule has 2 fully saturated rings. The third-order valence-corrected chi connectivity index (χ3v) is 5.52. The van der Waals surface area contributed by atoms with E-state index in [1.807, 2.05) is 7.05 Å². The van der Waals surface area contributed by atoms with E-state index in [1.54, 1.807) is 0 Å². The molecule has 2 saturated heterocycles. The first-order valence-electron chi connectivity index (χ1n) is 10.2. The lowest BCUT2D eigenvalue weighted by atomic mass is 9.78. The zero-order chi connectivity index (χ0) is 18.3. The maximum atomic E-state index is 6.08. The Kier molecular flexibility index (Phi) is 10.8. The minimum atomic E-state index is 0. The molecule has 154 valence electrons. The number of ether oxygens (including phenoxy) is 1. The Bertz CT molecular complexity index is 425. The number of hydrogen-bond donors (Lipinski definition) is 2. The lowest BCUT2D eigenvalue weighted by molar-refractivity contribution is -0.0835. The van der Waals surface area contributed by atoms with Crippen LogP contribution in [0.3, 0.4) is 0 Å². The quantitative estimate of drug-likeness (QED) is 0.360. The zero-order valence-corrected chi connectivity index (χ0v) is 19.8. The van der Waals surface area contributed by atoms with Gasteiger partial charge in [-0.25, -0.2) is 0 Å². The van der Waals surface area contributed by atoms with Crippen molar-refractivity contribution in [2.75, 3.05) is 46.4 Å². The summed E-state index contributed by atoms with van der Waals surface area (Å²) in [6.07, 6.45) is 5.44. The third-order valence-electron chi connectivity index (χ3n) is 5.52. The van der Waals surface area contributed by atoms with Crippen molar-refractivity contribution in [1.82, 2.24) is 15.5 Å². The molecule has 6 heteroatoms. The van der Waals surface area contributed by atoms with Gasteiger partial charge in [-0.1, -0.05) is 27.7 Å². The van der Waals surface area contributed by atoms with Gasteiger partial charge in [0.15, 0.2) is 5.96 Å². The summed E-state index contributed by atoms with van der Waals surface area (Å²) in [5.41, 5.74) is 0.189. The van der Waals surface area contributed by atoms with Crippen LogP contribution in [0.2, 0.25) is 0 Å². The van der Waals surface area contributed by atoms with Crippen LogP contribution in [0, 0.1) is 17.3 Å². The standard InChI is InChI=1S/C20H40N4O.HI/c1-16-8-6-11-24(15-16)12-10-22-19(21-5)23-14-17-9-7-13-25-18(17)20(2,3)4;/h16-18H,6-15H2,1-5H3,(H2,21,22,23);1H. The van der Waals surface area contributed by atoms with Crippen LogP contribution in [0.1, 0.15) is 53.4 Å². The second-order valence-corrected chi connectivity index (χ2v) is 8.99. The van der Waals surface area contributed by atoms with Crippen LogP contribution >= 0.6 is 24.0 Å². The van der Waals surface area contributed by atoms with Crippen LogP contribution in [0.4, 0.5) is 0 Å². The van der Waals surface area contributed by atoms with Crippen LogP contribution in [-0.4, -0.2) is 63.3 Å². The summed E-state index contributed by atoms with van der Waals surface area (Å²) in [6.45, 7) is 15.6. The first-order chi connectivity index (χ1) is 11.9. The van der Waals surface area contributed by atoms with Crippen molar-refractivity contribution < 1.29 is 4.74 Å². The smallest absolute Gasteiger partial charge is 0.191 e. The van der Waals surface area contributed by atoms with E-state index in [1.165, 1.54) is 32.4 Å². The minimum Gasteiger partial charge on any atom is -0.377 e. The van der Waals surface area contributed by atoms with Gasteiger partial charge in [-0.2, -0.15) is 0 Å². The van der Waals surface area contributed by atoms with Gasteiger partial charge in [0, 0.05) is 45.8 Å². The molecular formula is C20H41IN4O. The van der Waals surface area contributed by atoms with Crippen LogP contribution in [0.15, 0.2) is 4.99 Å². The van der Waals surface area contributed by atoms with Crippen molar-refractivity contribution in [2.45, 2.75) is 59.5 Å². The maximum Gasteiger partial charge on any atom is 0.191 e. The molecule has 2 heterocycles. The normalized spacial score (nSPS) is 28.3. The fourth-order valence-corrected chi connectivity index (χ4v) is 4.28. The van der Waals surface area contributed by atoms with Crippen LogP contribution in [0.25, 0.3) is 0 Å². The Morgan fingerprint density at radius 3 is 2.62 bits per heavy atom. The summed E-state index contributed by atoms with van der Waals surface area (Å²) in [7, 11) is 1.86. The predicted octanol–water partition coefficient (Wildman–Crippen LogP) is 3.34. The number of nitrogens with zero attached hydrogens (tertiary/aromatic N) is 2. The van der Waals surface area contributed by atoms with E-state index in [2.05, 4.69) is 48.2 Å². The van der Waals surface area contributed by atoms with E-state index in [9.17, 15) is 0 Å². The SMILES string of the molecule is CN=C(NCCN1CCCC(C)C1)NCC1CCCOC1C(C)(C)C.I. The van der Waals surface area contributed by atoms with Gasteiger partial charge in [-0.15, -0.1) is 24.0 Å². The second kappa shape index (κ2) is 11.7. The first-order valence-corrected chi connectivity index (χ1v) is 10.2. The van der Waals surface area contributed by atoms with E-state index >= 15 is 0 Å². The Morgan fingerprint density at radius 1 is 1.19 bits per heavy atom. The fraction of sp³-hybridized carbons (Fsp3) is 0.950. The molecule has 0 aromatic heterocycles. The summed E-state index contributed by atoms with van der Waals surface area (Å²) >= 11 is 0. The van der Waals surface area contributed by atoms with Crippen LogP contribution < -0.4 is 10.6 Å². The number of halogens is 1. The molecule has 0 radical (unpaired) electrons. The molecule has 2 rings (SSSR count). The Balaban J connectivity index is 0.00000338. The van der Waals surface area contributed by atoms with Gasteiger partial charge in [0.2, 0.25) is 0 Å². The molecule has 2 aliphatic heterocycles. The van der Waals surface area contributed by atoms with Crippen molar-refractivity contribution >= 4 is 29.9 Å². The third kappa shape index (κ3) is 7.89. The van der Waals surface area contributed by atoms with Crippen LogP contribution in [-0.2, 0) is 4.74 Å². The molecule has 0 saturated carbocycles. The number of nitrogens with one attached hydrogen (secondary N) is 2. The largest absolute Gasteiger partial charge is 0.377 e. The molecule has 26 heavy (non-hydrogen) atoms. The summed E-state index contributed by atoms with van der Waals surface area (Å²) in [5.74, 6) is 2.31. The average Bonchev–Trinajstić information content (AvgIpc) is 2.57. The molecule has 2 aliphatic rings. The number of guanidine groups is 1. The molecule has 0 aromatic rings. The van der Waals surface area contributed by atoms with Gasteiger partial charge < -0.3 is 20.3 Å². The topological polar surface area (TPSA) is 48.9 Å². The van der Waals surface area contributed by atoms with E-state index in [-0.39, 0.29) is 29.4 Å². The van der Waals surface area contributed by atoms with Crippen molar-refractivity contribution in [3.63, 3.8) is 0 Å². The summed E-state index contributed by atoms with van der Waals surface area (Å²) in [6, 6.07) is 0. The molecule has 0 bridgehead atoms. The summed E-state index contributed by atoms with van der Waals surface area (Å²) in [4.78, 5) is 6.96. The molecular weight excluding hydrogens is 439 g/mol. The van der Waals surface area contributed by atoms with Crippen molar-refractivity contribution in [2.24, 2.45) is 22.2 Å². The lowest BCUT2D eigenvalue weighted by Crippen LogP contribution is -2.48. The molecule has 3 atom stereocenters. The van der Waals surface area contributed by atoms with Crippen LogP contribution in [0.5, 0.6) is 0 Å². The molecule has 0 aromatic carbocycles. The molecule has 0 amide bonds. The number of likely N-dealkylation sites (tertiary alicyclic amines) is 1. The second-order valence-electron chi connectivity index (χ2n) is 8.99. The fourth-order valence-electron chi connectivity index (χ4n) is 4.28. The number of hydrogen-bond acceptors (Lipinski definition) is 3. The van der Waals surface area contributed by atoms with Gasteiger partial charge in [0.25, 0.3) is 0 Å². The molecule has 3 unspecified atom stereocenters. The van der Waals surface area contributed by atoms with Crippen molar-refractivity contribution in [3.8, 4) is 0 Å². The van der Waals surface area contributed by atoms with E-state index in [4.69, 9.17) is 4.74 Å². The first kappa shape index (κ1) is 24.0. The van der Waals surface area contributed by atoms with Crippen molar-refractivity contribution in [3.05, 3.63) is 0 Å². The van der Waals surface area contributed by atoms with Gasteiger partial charge in [-0.05, 0) is 43.6 Å². The highest BCUT2D eigenvalue weighted by Crippen LogP contribution is 2.33. The zero-order valence-electron chi connectivity index (χ0n) is 17.5. The highest BCUT2D eigenvalue weighted by molar-refractivity contribution is 14.0. The molecule has 2 N–H and O–H groups in total. The number of aliphatic imine (C=N–C) groups is 1. The Morgan fingerprint density at radius 2 is 1.96 bits per heavy atom. The van der Waals surface area contributed by atoms with E-state index in [0.29, 0.717) is 12.0 Å². The van der Waals surface area contributed by atoms with Gasteiger partial charge >= 0.3 is 0 Å². The van der Waals surface area contributed by atoms with Gasteiger partial charge in [0.05, 0.1) is 6.10 Å². The van der Waals surface area contributed by atoms with Crippen molar-refractivity contribution in [1.29, 1.82) is 0 Å². The summed E-state index contributed by atoms with van der Waals surface area (Å²) < 4.78 is 6.08. The molecule has 5 nitrogen and oxygen atoms in total. The average molecular weight is 480 g/mol.